The Kier molecular flexibility index (Phi) is 5.15. The maximum Gasteiger partial charge on any atom is 0.316 e. The van der Waals surface area contributed by atoms with Crippen molar-refractivity contribution in [1.29, 1.82) is 0 Å². The van der Waals surface area contributed by atoms with Crippen LogP contribution in [0.15, 0.2) is 0 Å². The minimum absolute atomic E-state index is 0.249. The van der Waals surface area contributed by atoms with Crippen LogP contribution in [0.1, 0.15) is 57.8 Å². The minimum atomic E-state index is -0.249. The van der Waals surface area contributed by atoms with Crippen LogP contribution in [0.4, 0.5) is 4.79 Å². The second kappa shape index (κ2) is 6.63. The molecule has 0 N–H and O–H groups in total. The van der Waals surface area contributed by atoms with Gasteiger partial charge >= 0.3 is 5.37 Å². The molecular weight excluding hydrogens is 234 g/mol. The molecule has 3 heteroatoms. The molecular formula is C14H24ClNO. The number of halogens is 1. The van der Waals surface area contributed by atoms with Gasteiger partial charge in [0, 0.05) is 13.1 Å². The Morgan fingerprint density at radius 1 is 0.882 bits per heavy atom. The Balaban J connectivity index is 1.88. The molecule has 1 saturated heterocycles. The van der Waals surface area contributed by atoms with Crippen molar-refractivity contribution in [1.82, 2.24) is 4.90 Å². The molecule has 2 aliphatic rings. The zero-order valence-corrected chi connectivity index (χ0v) is 11.4. The molecule has 2 nitrogen and oxygen atoms in total. The molecule has 1 atom stereocenters. The van der Waals surface area contributed by atoms with E-state index in [0.717, 1.165) is 25.4 Å². The van der Waals surface area contributed by atoms with E-state index in [1.165, 1.54) is 51.4 Å². The maximum absolute atomic E-state index is 11.2. The van der Waals surface area contributed by atoms with E-state index < -0.39 is 0 Å². The third-order valence-corrected chi connectivity index (χ3v) is 4.76. The van der Waals surface area contributed by atoms with Gasteiger partial charge in [-0.05, 0) is 36.3 Å². The van der Waals surface area contributed by atoms with Gasteiger partial charge in [0.15, 0.2) is 0 Å². The average molecular weight is 258 g/mol. The topological polar surface area (TPSA) is 20.3 Å². The zero-order valence-electron chi connectivity index (χ0n) is 10.7. The fourth-order valence-corrected chi connectivity index (χ4v) is 3.67. The number of hydrogen-bond donors (Lipinski definition) is 0. The summed E-state index contributed by atoms with van der Waals surface area (Å²) in [6.45, 7) is 1.78. The Labute approximate surface area is 110 Å². The van der Waals surface area contributed by atoms with Gasteiger partial charge in [-0.2, -0.15) is 0 Å². The summed E-state index contributed by atoms with van der Waals surface area (Å²) in [6, 6.07) is 0. The van der Waals surface area contributed by atoms with Gasteiger partial charge in [-0.1, -0.05) is 44.9 Å². The number of carbonyl (C=O) groups excluding carboxylic acids is 1. The summed E-state index contributed by atoms with van der Waals surface area (Å²) in [6.07, 6.45) is 12.2. The second-order valence-corrected chi connectivity index (χ2v) is 6.03. The Bertz CT molecular complexity index is 249. The van der Waals surface area contributed by atoms with Crippen molar-refractivity contribution in [3.05, 3.63) is 0 Å². The molecule has 1 aliphatic heterocycles. The van der Waals surface area contributed by atoms with Crippen LogP contribution >= 0.6 is 11.6 Å². The third-order valence-electron chi connectivity index (χ3n) is 4.52. The zero-order chi connectivity index (χ0) is 12.1. The van der Waals surface area contributed by atoms with Crippen LogP contribution in [0.3, 0.4) is 0 Å². The van der Waals surface area contributed by atoms with E-state index in [-0.39, 0.29) is 5.37 Å². The Morgan fingerprint density at radius 2 is 1.47 bits per heavy atom. The normalized spacial score (nSPS) is 28.5. The Hall–Kier alpha value is -0.240. The number of rotatable bonds is 1. The molecule has 1 saturated carbocycles. The smallest absolute Gasteiger partial charge is 0.316 e. The van der Waals surface area contributed by atoms with Crippen molar-refractivity contribution < 1.29 is 4.79 Å². The number of likely N-dealkylation sites (tertiary alicyclic amines) is 1. The monoisotopic (exact) mass is 257 g/mol. The third kappa shape index (κ3) is 3.87. The molecule has 0 aromatic rings. The van der Waals surface area contributed by atoms with Gasteiger partial charge in [0.25, 0.3) is 0 Å². The minimum Gasteiger partial charge on any atom is -0.329 e. The first kappa shape index (κ1) is 13.2. The Morgan fingerprint density at radius 3 is 2.12 bits per heavy atom. The first-order valence-electron chi connectivity index (χ1n) is 7.22. The molecule has 0 bridgehead atoms. The molecule has 2 fully saturated rings. The summed E-state index contributed by atoms with van der Waals surface area (Å²) in [5.41, 5.74) is 0. The molecule has 1 unspecified atom stereocenters. The second-order valence-electron chi connectivity index (χ2n) is 5.71. The van der Waals surface area contributed by atoms with E-state index in [1.54, 1.807) is 0 Å². The van der Waals surface area contributed by atoms with Gasteiger partial charge in [0.2, 0.25) is 0 Å². The van der Waals surface area contributed by atoms with Gasteiger partial charge in [0.1, 0.15) is 0 Å². The molecule has 0 aromatic heterocycles. The largest absolute Gasteiger partial charge is 0.329 e. The molecule has 2 rings (SSSR count). The SMILES string of the molecule is O=C(Cl)N1CCCC(C2CCCCCCC2)C1. The molecule has 1 heterocycles. The van der Waals surface area contributed by atoms with Crippen molar-refractivity contribution in [2.24, 2.45) is 11.8 Å². The van der Waals surface area contributed by atoms with Crippen LogP contribution in [0.5, 0.6) is 0 Å². The lowest BCUT2D eigenvalue weighted by atomic mass is 9.78. The number of amides is 1. The first-order chi connectivity index (χ1) is 8.27. The molecule has 1 amide bonds. The molecule has 1 aliphatic carbocycles. The van der Waals surface area contributed by atoms with Crippen LogP contribution < -0.4 is 0 Å². The summed E-state index contributed by atoms with van der Waals surface area (Å²) >= 11 is 5.61. The lowest BCUT2D eigenvalue weighted by molar-refractivity contribution is 0.142. The standard InChI is InChI=1S/C14H24ClNO/c15-14(17)16-10-6-9-13(11-16)12-7-4-2-1-3-5-8-12/h12-13H,1-11H2. The van der Waals surface area contributed by atoms with Crippen LogP contribution in [0, 0.1) is 11.8 Å². The number of carbonyl (C=O) groups is 1. The maximum atomic E-state index is 11.2. The van der Waals surface area contributed by atoms with Crippen molar-refractivity contribution in [3.63, 3.8) is 0 Å². The summed E-state index contributed by atoms with van der Waals surface area (Å²) in [5.74, 6) is 1.55. The van der Waals surface area contributed by atoms with Gasteiger partial charge in [-0.25, -0.2) is 0 Å². The van der Waals surface area contributed by atoms with Crippen molar-refractivity contribution in [2.75, 3.05) is 13.1 Å². The van der Waals surface area contributed by atoms with E-state index in [9.17, 15) is 4.79 Å². The van der Waals surface area contributed by atoms with Crippen LogP contribution in [0.2, 0.25) is 0 Å². The van der Waals surface area contributed by atoms with Gasteiger partial charge in [-0.3, -0.25) is 4.79 Å². The van der Waals surface area contributed by atoms with Crippen molar-refractivity contribution >= 4 is 17.0 Å². The summed E-state index contributed by atoms with van der Waals surface area (Å²) < 4.78 is 0. The molecule has 17 heavy (non-hydrogen) atoms. The highest BCUT2D eigenvalue weighted by Gasteiger charge is 2.28. The highest BCUT2D eigenvalue weighted by molar-refractivity contribution is 6.62. The highest BCUT2D eigenvalue weighted by atomic mass is 35.5. The van der Waals surface area contributed by atoms with E-state index in [2.05, 4.69) is 0 Å². The van der Waals surface area contributed by atoms with Crippen LogP contribution in [-0.2, 0) is 0 Å². The lowest BCUT2D eigenvalue weighted by Gasteiger charge is -2.36. The fourth-order valence-electron chi connectivity index (χ4n) is 3.51. The highest BCUT2D eigenvalue weighted by Crippen LogP contribution is 2.33. The van der Waals surface area contributed by atoms with Crippen LogP contribution in [0.25, 0.3) is 0 Å². The van der Waals surface area contributed by atoms with Gasteiger partial charge in [0.05, 0.1) is 0 Å². The average Bonchev–Trinajstić information content (AvgIpc) is 2.28. The molecule has 0 aromatic carbocycles. The van der Waals surface area contributed by atoms with Gasteiger partial charge in [-0.15, -0.1) is 0 Å². The summed E-state index contributed by atoms with van der Waals surface area (Å²) in [7, 11) is 0. The quantitative estimate of drug-likeness (QED) is 0.503. The first-order valence-corrected chi connectivity index (χ1v) is 7.59. The van der Waals surface area contributed by atoms with E-state index in [1.807, 2.05) is 4.90 Å². The summed E-state index contributed by atoms with van der Waals surface area (Å²) in [4.78, 5) is 13.1. The lowest BCUT2D eigenvalue weighted by Crippen LogP contribution is -2.39. The number of piperidine rings is 1. The van der Waals surface area contributed by atoms with Crippen molar-refractivity contribution in [3.8, 4) is 0 Å². The predicted octanol–water partition coefficient (Wildman–Crippen LogP) is 4.42. The van der Waals surface area contributed by atoms with E-state index in [4.69, 9.17) is 11.6 Å². The molecule has 0 radical (unpaired) electrons. The number of nitrogens with zero attached hydrogens (tertiary/aromatic N) is 1. The molecule has 0 spiro atoms. The van der Waals surface area contributed by atoms with Crippen molar-refractivity contribution in [2.45, 2.75) is 57.8 Å². The number of hydrogen-bond acceptors (Lipinski definition) is 1. The van der Waals surface area contributed by atoms with E-state index >= 15 is 0 Å². The molecule has 98 valence electrons. The fraction of sp³-hybridized carbons (Fsp3) is 0.929. The summed E-state index contributed by atoms with van der Waals surface area (Å²) in [5, 5.41) is -0.249. The van der Waals surface area contributed by atoms with Crippen LogP contribution in [-0.4, -0.2) is 23.4 Å². The van der Waals surface area contributed by atoms with E-state index in [0.29, 0.717) is 5.92 Å². The predicted molar refractivity (Wildman–Crippen MR) is 71.4 cm³/mol. The van der Waals surface area contributed by atoms with Gasteiger partial charge < -0.3 is 4.90 Å².